The Labute approximate surface area is 104 Å². The van der Waals surface area contributed by atoms with Gasteiger partial charge in [0, 0.05) is 37.1 Å². The Kier molecular flexibility index (Phi) is 3.79. The first-order valence-electron chi connectivity index (χ1n) is 6.49. The summed E-state index contributed by atoms with van der Waals surface area (Å²) < 4.78 is 0. The summed E-state index contributed by atoms with van der Waals surface area (Å²) in [6, 6.07) is 5.17. The van der Waals surface area contributed by atoms with Gasteiger partial charge in [-0.05, 0) is 37.8 Å². The molecule has 0 aromatic carbocycles. The van der Waals surface area contributed by atoms with E-state index in [1.807, 2.05) is 13.1 Å². The Morgan fingerprint density at radius 2 is 2.18 bits per heavy atom. The molecule has 1 saturated heterocycles. The first-order valence-corrected chi connectivity index (χ1v) is 6.49. The van der Waals surface area contributed by atoms with Crippen LogP contribution in [0.2, 0.25) is 0 Å². The topological polar surface area (TPSA) is 42.1 Å². The number of aromatic nitrogens is 1. The second-order valence-corrected chi connectivity index (χ2v) is 5.33. The van der Waals surface area contributed by atoms with Crippen LogP contribution in [0.4, 0.5) is 0 Å². The summed E-state index contributed by atoms with van der Waals surface area (Å²) >= 11 is 0. The van der Waals surface area contributed by atoms with Crippen LogP contribution in [-0.2, 0) is 6.54 Å². The summed E-state index contributed by atoms with van der Waals surface area (Å²) in [5, 5.41) is 0. The predicted molar refractivity (Wildman–Crippen MR) is 70.6 cm³/mol. The largest absolute Gasteiger partial charge is 0.327 e. The molecule has 0 radical (unpaired) electrons. The molecule has 17 heavy (non-hydrogen) atoms. The number of piperidine rings is 1. The molecule has 0 aliphatic carbocycles. The highest BCUT2D eigenvalue weighted by Crippen LogP contribution is 2.23. The van der Waals surface area contributed by atoms with E-state index in [1.54, 1.807) is 0 Å². The minimum absolute atomic E-state index is 0.359. The fraction of sp³-hybridized carbons (Fsp3) is 0.643. The van der Waals surface area contributed by atoms with E-state index in [0.717, 1.165) is 25.2 Å². The van der Waals surface area contributed by atoms with Crippen molar-refractivity contribution in [3.63, 3.8) is 0 Å². The summed E-state index contributed by atoms with van der Waals surface area (Å²) in [6.07, 6.45) is 3.09. The van der Waals surface area contributed by atoms with Crippen molar-refractivity contribution < 1.29 is 0 Å². The molecule has 0 spiro atoms. The van der Waals surface area contributed by atoms with Gasteiger partial charge >= 0.3 is 0 Å². The average molecular weight is 233 g/mol. The molecular weight excluding hydrogens is 210 g/mol. The van der Waals surface area contributed by atoms with E-state index in [1.165, 1.54) is 5.56 Å². The number of nitrogens with two attached hydrogens (primary N) is 1. The zero-order chi connectivity index (χ0) is 12.4. The first-order chi connectivity index (χ1) is 8.08. The maximum absolute atomic E-state index is 6.11. The average Bonchev–Trinajstić information content (AvgIpc) is 2.33. The third-order valence-corrected chi connectivity index (χ3v) is 4.12. The number of pyridine rings is 1. The van der Waals surface area contributed by atoms with Crippen LogP contribution in [0.3, 0.4) is 0 Å². The quantitative estimate of drug-likeness (QED) is 0.849. The second kappa shape index (κ2) is 5.15. The van der Waals surface area contributed by atoms with Crippen LogP contribution in [0.1, 0.15) is 31.5 Å². The normalized spacial score (nSPS) is 30.5. The minimum atomic E-state index is 0.359. The molecule has 94 valence electrons. The number of nitrogens with zero attached hydrogens (tertiary/aromatic N) is 2. The van der Waals surface area contributed by atoms with Crippen molar-refractivity contribution in [2.24, 2.45) is 11.7 Å². The molecule has 0 bridgehead atoms. The third kappa shape index (κ3) is 2.85. The molecule has 1 fully saturated rings. The van der Waals surface area contributed by atoms with Gasteiger partial charge in [0.05, 0.1) is 0 Å². The lowest BCUT2D eigenvalue weighted by atomic mass is 9.87. The predicted octanol–water partition coefficient (Wildman–Crippen LogP) is 1.95. The van der Waals surface area contributed by atoms with Crippen molar-refractivity contribution in [3.05, 3.63) is 29.6 Å². The number of hydrogen-bond donors (Lipinski definition) is 1. The van der Waals surface area contributed by atoms with Crippen molar-refractivity contribution in [1.82, 2.24) is 9.88 Å². The van der Waals surface area contributed by atoms with Crippen molar-refractivity contribution in [2.45, 2.75) is 45.8 Å². The van der Waals surface area contributed by atoms with Crippen LogP contribution < -0.4 is 5.73 Å². The number of hydrogen-bond acceptors (Lipinski definition) is 3. The molecular formula is C14H23N3. The number of likely N-dealkylation sites (tertiary alicyclic amines) is 1. The maximum Gasteiger partial charge on any atom is 0.0372 e. The van der Waals surface area contributed by atoms with Gasteiger partial charge in [-0.25, -0.2) is 0 Å². The standard InChI is InChI=1S/C14H23N3/c1-10-4-5-13(8-16-10)9-17-7-6-14(15)11(2)12(17)3/h4-5,8,11-12,14H,6-7,9,15H2,1-3H3. The summed E-state index contributed by atoms with van der Waals surface area (Å²) in [6.45, 7) is 8.65. The lowest BCUT2D eigenvalue weighted by molar-refractivity contribution is 0.0909. The monoisotopic (exact) mass is 233 g/mol. The zero-order valence-electron chi connectivity index (χ0n) is 11.1. The van der Waals surface area contributed by atoms with E-state index in [9.17, 15) is 0 Å². The van der Waals surface area contributed by atoms with E-state index in [2.05, 4.69) is 35.9 Å². The molecule has 2 rings (SSSR count). The molecule has 1 aromatic heterocycles. The highest BCUT2D eigenvalue weighted by molar-refractivity contribution is 5.13. The van der Waals surface area contributed by atoms with E-state index < -0.39 is 0 Å². The van der Waals surface area contributed by atoms with Crippen LogP contribution >= 0.6 is 0 Å². The van der Waals surface area contributed by atoms with Gasteiger partial charge in [0.15, 0.2) is 0 Å². The summed E-state index contributed by atoms with van der Waals surface area (Å²) in [5.74, 6) is 0.571. The zero-order valence-corrected chi connectivity index (χ0v) is 11.1. The molecule has 1 aliphatic heterocycles. The lowest BCUT2D eigenvalue weighted by Gasteiger charge is -2.41. The van der Waals surface area contributed by atoms with Gasteiger partial charge in [-0.3, -0.25) is 9.88 Å². The SMILES string of the molecule is Cc1ccc(CN2CCC(N)C(C)C2C)cn1. The van der Waals surface area contributed by atoms with Gasteiger partial charge in [0.2, 0.25) is 0 Å². The van der Waals surface area contributed by atoms with Gasteiger partial charge < -0.3 is 5.73 Å². The van der Waals surface area contributed by atoms with Crippen LogP contribution in [0.5, 0.6) is 0 Å². The number of aryl methyl sites for hydroxylation is 1. The van der Waals surface area contributed by atoms with Crippen molar-refractivity contribution in [3.8, 4) is 0 Å². The van der Waals surface area contributed by atoms with E-state index in [0.29, 0.717) is 18.0 Å². The highest BCUT2D eigenvalue weighted by atomic mass is 15.2. The fourth-order valence-electron chi connectivity index (χ4n) is 2.52. The summed E-state index contributed by atoms with van der Waals surface area (Å²) in [4.78, 5) is 6.87. The molecule has 3 atom stereocenters. The summed E-state index contributed by atoms with van der Waals surface area (Å²) in [5.41, 5.74) is 8.48. The van der Waals surface area contributed by atoms with Crippen molar-refractivity contribution in [1.29, 1.82) is 0 Å². The van der Waals surface area contributed by atoms with Gasteiger partial charge in [-0.1, -0.05) is 13.0 Å². The molecule has 3 heteroatoms. The Balaban J connectivity index is 2.01. The Morgan fingerprint density at radius 3 is 2.82 bits per heavy atom. The van der Waals surface area contributed by atoms with Crippen LogP contribution in [0.15, 0.2) is 18.3 Å². The molecule has 1 aliphatic rings. The van der Waals surface area contributed by atoms with Crippen LogP contribution in [0.25, 0.3) is 0 Å². The molecule has 1 aromatic rings. The Hall–Kier alpha value is -0.930. The Morgan fingerprint density at radius 1 is 1.41 bits per heavy atom. The first kappa shape index (κ1) is 12.5. The van der Waals surface area contributed by atoms with Gasteiger partial charge in [-0.2, -0.15) is 0 Å². The smallest absolute Gasteiger partial charge is 0.0372 e. The van der Waals surface area contributed by atoms with Crippen molar-refractivity contribution >= 4 is 0 Å². The fourth-order valence-corrected chi connectivity index (χ4v) is 2.52. The summed E-state index contributed by atoms with van der Waals surface area (Å²) in [7, 11) is 0. The highest BCUT2D eigenvalue weighted by Gasteiger charge is 2.29. The van der Waals surface area contributed by atoms with E-state index >= 15 is 0 Å². The van der Waals surface area contributed by atoms with E-state index in [-0.39, 0.29) is 0 Å². The van der Waals surface area contributed by atoms with Crippen molar-refractivity contribution in [2.75, 3.05) is 6.54 Å². The number of rotatable bonds is 2. The van der Waals surface area contributed by atoms with E-state index in [4.69, 9.17) is 5.73 Å². The third-order valence-electron chi connectivity index (χ3n) is 4.12. The molecule has 3 nitrogen and oxygen atoms in total. The molecule has 3 unspecified atom stereocenters. The Bertz CT molecular complexity index is 360. The molecule has 0 amide bonds. The maximum atomic E-state index is 6.11. The lowest BCUT2D eigenvalue weighted by Crippen LogP contribution is -2.51. The minimum Gasteiger partial charge on any atom is -0.327 e. The molecule has 2 heterocycles. The van der Waals surface area contributed by atoms with Crippen LogP contribution in [-0.4, -0.2) is 28.5 Å². The molecule has 2 N–H and O–H groups in total. The van der Waals surface area contributed by atoms with Gasteiger partial charge in [0.1, 0.15) is 0 Å². The molecule has 0 saturated carbocycles. The second-order valence-electron chi connectivity index (χ2n) is 5.33. The van der Waals surface area contributed by atoms with Crippen LogP contribution in [0, 0.1) is 12.8 Å². The van der Waals surface area contributed by atoms with Gasteiger partial charge in [0.25, 0.3) is 0 Å². The van der Waals surface area contributed by atoms with Gasteiger partial charge in [-0.15, -0.1) is 0 Å².